The summed E-state index contributed by atoms with van der Waals surface area (Å²) in [5, 5.41) is 11.5. The largest absolute Gasteiger partial charge is 0.497 e. The molecule has 0 saturated heterocycles. The maximum atomic E-state index is 13.2. The molecule has 0 aliphatic heterocycles. The highest BCUT2D eigenvalue weighted by Gasteiger charge is 2.22. The molecule has 1 heterocycles. The van der Waals surface area contributed by atoms with Gasteiger partial charge in [0.15, 0.2) is 5.69 Å². The number of benzene rings is 3. The third kappa shape index (κ3) is 4.33. The fourth-order valence-electron chi connectivity index (χ4n) is 3.49. The molecule has 0 aliphatic rings. The van der Waals surface area contributed by atoms with Crippen LogP contribution in [0.1, 0.15) is 38.9 Å². The first-order valence-electron chi connectivity index (χ1n) is 10.1. The van der Waals surface area contributed by atoms with Gasteiger partial charge >= 0.3 is 0 Å². The number of rotatable bonds is 6. The Labute approximate surface area is 181 Å². The van der Waals surface area contributed by atoms with Crippen LogP contribution in [0.3, 0.4) is 0 Å². The lowest BCUT2D eigenvalue weighted by atomic mass is 9.97. The molecule has 1 aromatic heterocycles. The summed E-state index contributed by atoms with van der Waals surface area (Å²) in [5.74, 6) is 0.433. The van der Waals surface area contributed by atoms with Crippen molar-refractivity contribution in [2.24, 2.45) is 0 Å². The van der Waals surface area contributed by atoms with Crippen LogP contribution in [0.5, 0.6) is 5.75 Å². The molecule has 0 fully saturated rings. The van der Waals surface area contributed by atoms with E-state index in [0.717, 1.165) is 16.8 Å². The standard InChI is InChI=1S/C25H24N4O2/c1-17-12-14-20(15-13-17)24(19-8-5-4-6-9-19)26-25(30)23-18(2)29(28-27-23)21-10-7-11-22(16-21)31-3/h4-16,24H,1-3H3,(H,26,30). The average Bonchev–Trinajstić information content (AvgIpc) is 3.20. The van der Waals surface area contributed by atoms with Gasteiger partial charge in [0, 0.05) is 6.07 Å². The third-order valence-electron chi connectivity index (χ3n) is 5.23. The maximum absolute atomic E-state index is 13.2. The normalized spacial score (nSPS) is 11.7. The molecule has 0 saturated carbocycles. The fraction of sp³-hybridized carbons (Fsp3) is 0.160. The Kier molecular flexibility index (Phi) is 5.80. The number of ether oxygens (including phenoxy) is 1. The van der Waals surface area contributed by atoms with Crippen molar-refractivity contribution in [2.75, 3.05) is 7.11 Å². The van der Waals surface area contributed by atoms with Crippen molar-refractivity contribution < 1.29 is 9.53 Å². The van der Waals surface area contributed by atoms with E-state index in [4.69, 9.17) is 4.74 Å². The predicted octanol–water partition coefficient (Wildman–Crippen LogP) is 4.41. The Bertz CT molecular complexity index is 1180. The monoisotopic (exact) mass is 412 g/mol. The molecule has 0 spiro atoms. The predicted molar refractivity (Wildman–Crippen MR) is 120 cm³/mol. The Hall–Kier alpha value is -3.93. The van der Waals surface area contributed by atoms with Crippen LogP contribution in [0.4, 0.5) is 0 Å². The van der Waals surface area contributed by atoms with Crippen molar-refractivity contribution in [3.8, 4) is 11.4 Å². The molecule has 31 heavy (non-hydrogen) atoms. The summed E-state index contributed by atoms with van der Waals surface area (Å²) in [6, 6.07) is 25.2. The van der Waals surface area contributed by atoms with Crippen LogP contribution in [0.2, 0.25) is 0 Å². The van der Waals surface area contributed by atoms with E-state index in [1.54, 1.807) is 11.8 Å². The molecule has 6 heteroatoms. The zero-order chi connectivity index (χ0) is 21.8. The molecule has 1 unspecified atom stereocenters. The molecule has 1 amide bonds. The molecule has 4 rings (SSSR count). The van der Waals surface area contributed by atoms with E-state index in [1.165, 1.54) is 5.56 Å². The van der Waals surface area contributed by atoms with Gasteiger partial charge in [-0.1, -0.05) is 71.4 Å². The number of carbonyl (C=O) groups excluding carboxylic acids is 1. The van der Waals surface area contributed by atoms with Gasteiger partial charge in [-0.15, -0.1) is 5.10 Å². The van der Waals surface area contributed by atoms with E-state index in [-0.39, 0.29) is 17.6 Å². The topological polar surface area (TPSA) is 69.0 Å². The second-order valence-corrected chi connectivity index (χ2v) is 7.36. The second kappa shape index (κ2) is 8.83. The van der Waals surface area contributed by atoms with E-state index < -0.39 is 0 Å². The van der Waals surface area contributed by atoms with Crippen LogP contribution in [0.25, 0.3) is 5.69 Å². The Balaban J connectivity index is 1.65. The van der Waals surface area contributed by atoms with Crippen molar-refractivity contribution in [3.05, 3.63) is 107 Å². The quantitative estimate of drug-likeness (QED) is 0.509. The van der Waals surface area contributed by atoms with Crippen LogP contribution in [0.15, 0.2) is 78.9 Å². The number of aryl methyl sites for hydroxylation is 1. The van der Waals surface area contributed by atoms with Crippen molar-refractivity contribution in [1.82, 2.24) is 20.3 Å². The number of carbonyl (C=O) groups is 1. The molecule has 0 radical (unpaired) electrons. The van der Waals surface area contributed by atoms with Crippen molar-refractivity contribution in [3.63, 3.8) is 0 Å². The Morgan fingerprint density at radius 1 is 0.935 bits per heavy atom. The maximum Gasteiger partial charge on any atom is 0.274 e. The highest BCUT2D eigenvalue weighted by molar-refractivity contribution is 5.93. The lowest BCUT2D eigenvalue weighted by Crippen LogP contribution is -2.30. The first-order valence-corrected chi connectivity index (χ1v) is 10.1. The summed E-state index contributed by atoms with van der Waals surface area (Å²) in [6.07, 6.45) is 0. The van der Waals surface area contributed by atoms with E-state index in [2.05, 4.69) is 15.6 Å². The summed E-state index contributed by atoms with van der Waals surface area (Å²) in [4.78, 5) is 13.2. The van der Waals surface area contributed by atoms with Crippen LogP contribution in [-0.2, 0) is 0 Å². The SMILES string of the molecule is COc1cccc(-n2nnc(C(=O)NC(c3ccccc3)c3ccc(C)cc3)c2C)c1. The van der Waals surface area contributed by atoms with Crippen LogP contribution >= 0.6 is 0 Å². The fourth-order valence-corrected chi connectivity index (χ4v) is 3.49. The number of hydrogen-bond donors (Lipinski definition) is 1. The van der Waals surface area contributed by atoms with Crippen LogP contribution in [-0.4, -0.2) is 28.0 Å². The van der Waals surface area contributed by atoms with E-state index >= 15 is 0 Å². The molecule has 1 atom stereocenters. The summed E-state index contributed by atoms with van der Waals surface area (Å²) in [7, 11) is 1.61. The Morgan fingerprint density at radius 2 is 1.65 bits per heavy atom. The molecule has 0 aliphatic carbocycles. The number of methoxy groups -OCH3 is 1. The van der Waals surface area contributed by atoms with Gasteiger partial charge < -0.3 is 10.1 Å². The smallest absolute Gasteiger partial charge is 0.274 e. The minimum absolute atomic E-state index is 0.277. The lowest BCUT2D eigenvalue weighted by Gasteiger charge is -2.19. The number of hydrogen-bond acceptors (Lipinski definition) is 4. The van der Waals surface area contributed by atoms with E-state index in [9.17, 15) is 4.79 Å². The summed E-state index contributed by atoms with van der Waals surface area (Å²) in [5.41, 5.74) is 4.89. The zero-order valence-electron chi connectivity index (χ0n) is 17.7. The number of aromatic nitrogens is 3. The van der Waals surface area contributed by atoms with Crippen LogP contribution < -0.4 is 10.1 Å². The number of nitrogens with zero attached hydrogens (tertiary/aromatic N) is 3. The molecular formula is C25H24N4O2. The lowest BCUT2D eigenvalue weighted by molar-refractivity contribution is 0.0937. The van der Waals surface area contributed by atoms with Crippen molar-refractivity contribution >= 4 is 5.91 Å². The Morgan fingerprint density at radius 3 is 2.35 bits per heavy atom. The molecule has 3 aromatic carbocycles. The van der Waals surface area contributed by atoms with Gasteiger partial charge in [0.25, 0.3) is 5.91 Å². The molecule has 156 valence electrons. The zero-order valence-corrected chi connectivity index (χ0v) is 17.7. The van der Waals surface area contributed by atoms with Gasteiger partial charge in [-0.05, 0) is 37.1 Å². The summed E-state index contributed by atoms with van der Waals surface area (Å²) < 4.78 is 6.93. The number of nitrogens with one attached hydrogen (secondary N) is 1. The highest BCUT2D eigenvalue weighted by Crippen LogP contribution is 2.24. The molecular weight excluding hydrogens is 388 g/mol. The summed E-state index contributed by atoms with van der Waals surface area (Å²) >= 11 is 0. The van der Waals surface area contributed by atoms with Gasteiger partial charge in [-0.25, -0.2) is 4.68 Å². The van der Waals surface area contributed by atoms with Crippen molar-refractivity contribution in [1.29, 1.82) is 0 Å². The minimum atomic E-state index is -0.296. The molecule has 4 aromatic rings. The molecule has 0 bridgehead atoms. The van der Waals surface area contributed by atoms with E-state index in [0.29, 0.717) is 11.4 Å². The number of amides is 1. The average molecular weight is 412 g/mol. The first-order chi connectivity index (χ1) is 15.1. The minimum Gasteiger partial charge on any atom is -0.497 e. The van der Waals surface area contributed by atoms with Crippen LogP contribution in [0, 0.1) is 13.8 Å². The van der Waals surface area contributed by atoms with Gasteiger partial charge in [-0.2, -0.15) is 0 Å². The van der Waals surface area contributed by atoms with Gasteiger partial charge in [0.2, 0.25) is 0 Å². The van der Waals surface area contributed by atoms with E-state index in [1.807, 2.05) is 92.7 Å². The molecule has 1 N–H and O–H groups in total. The third-order valence-corrected chi connectivity index (χ3v) is 5.23. The summed E-state index contributed by atoms with van der Waals surface area (Å²) in [6.45, 7) is 3.87. The van der Waals surface area contributed by atoms with Gasteiger partial charge in [0.1, 0.15) is 5.75 Å². The first kappa shape index (κ1) is 20.3. The van der Waals surface area contributed by atoms with Gasteiger partial charge in [0.05, 0.1) is 24.5 Å². The van der Waals surface area contributed by atoms with Gasteiger partial charge in [-0.3, -0.25) is 4.79 Å². The second-order valence-electron chi connectivity index (χ2n) is 7.36. The molecule has 6 nitrogen and oxygen atoms in total. The van der Waals surface area contributed by atoms with Crippen molar-refractivity contribution in [2.45, 2.75) is 19.9 Å². The highest BCUT2D eigenvalue weighted by atomic mass is 16.5.